The molecular weight excluding hydrogens is 472 g/mol. The number of hydrogen-bond donors (Lipinski definition) is 5. The molecule has 196 valence electrons. The van der Waals surface area contributed by atoms with Crippen LogP contribution in [-0.4, -0.2) is 58.1 Å². The Hall–Kier alpha value is -3.66. The molecule has 2 aliphatic heterocycles. The number of rotatable bonds is 7. The van der Waals surface area contributed by atoms with E-state index in [9.17, 15) is 19.5 Å². The third kappa shape index (κ3) is 5.39. The zero-order valence-electron chi connectivity index (χ0n) is 20.7. The number of aromatic nitrogens is 1. The number of benzene rings is 1. The Bertz CT molecular complexity index is 1160. The third-order valence-corrected chi connectivity index (χ3v) is 7.97. The van der Waals surface area contributed by atoms with Crippen molar-refractivity contribution >= 4 is 29.2 Å². The van der Waals surface area contributed by atoms with Crippen LogP contribution in [0.25, 0.3) is 0 Å². The van der Waals surface area contributed by atoms with Crippen LogP contribution in [-0.2, 0) is 0 Å². The highest BCUT2D eigenvalue weighted by atomic mass is 16.3. The second kappa shape index (κ2) is 10.4. The lowest BCUT2D eigenvalue weighted by Crippen LogP contribution is -2.50. The summed E-state index contributed by atoms with van der Waals surface area (Å²) in [6.07, 6.45) is 7.87. The van der Waals surface area contributed by atoms with E-state index in [0.717, 1.165) is 44.3 Å². The molecule has 2 bridgehead atoms. The van der Waals surface area contributed by atoms with Crippen molar-refractivity contribution in [2.45, 2.75) is 81.6 Å². The summed E-state index contributed by atoms with van der Waals surface area (Å²) in [5, 5.41) is 16.4. The molecule has 7 N–H and O–H groups in total. The number of primary amides is 2. The van der Waals surface area contributed by atoms with Gasteiger partial charge in [-0.3, -0.25) is 14.4 Å². The second-order valence-corrected chi connectivity index (χ2v) is 10.5. The van der Waals surface area contributed by atoms with Gasteiger partial charge in [-0.25, -0.2) is 4.98 Å². The summed E-state index contributed by atoms with van der Waals surface area (Å²) in [5.74, 6) is -0.398. The molecule has 37 heavy (non-hydrogen) atoms. The zero-order valence-corrected chi connectivity index (χ0v) is 20.7. The monoisotopic (exact) mass is 506 g/mol. The number of aliphatic hydroxyl groups is 1. The van der Waals surface area contributed by atoms with Gasteiger partial charge in [0.1, 0.15) is 5.82 Å². The molecule has 3 atom stereocenters. The van der Waals surface area contributed by atoms with E-state index in [1.807, 2.05) is 6.07 Å². The molecule has 2 aromatic rings. The molecule has 3 fully saturated rings. The summed E-state index contributed by atoms with van der Waals surface area (Å²) < 4.78 is 0. The molecular formula is C27H34N6O4. The largest absolute Gasteiger partial charge is 0.393 e. The van der Waals surface area contributed by atoms with Gasteiger partial charge in [0.2, 0.25) is 5.91 Å². The van der Waals surface area contributed by atoms with Crippen LogP contribution in [0.3, 0.4) is 0 Å². The van der Waals surface area contributed by atoms with Gasteiger partial charge in [-0.05, 0) is 81.7 Å². The second-order valence-electron chi connectivity index (χ2n) is 10.5. The first kappa shape index (κ1) is 25.0. The van der Waals surface area contributed by atoms with Gasteiger partial charge in [0.15, 0.2) is 0 Å². The Morgan fingerprint density at radius 3 is 2.14 bits per heavy atom. The molecule has 1 aliphatic carbocycles. The normalized spacial score (nSPS) is 26.9. The average Bonchev–Trinajstić information content (AvgIpc) is 3.15. The van der Waals surface area contributed by atoms with Crippen molar-refractivity contribution in [1.82, 2.24) is 10.3 Å². The SMILES string of the molecule is NC(=O)c1ccc(N2[C@@H]3CC[C@H]2CC(NC(=O)c2ccc(C(N)=O)c(NC4CCC(O)CC4)c2)C3)nc1. The molecule has 1 aromatic heterocycles. The number of amides is 3. The van der Waals surface area contributed by atoms with Crippen LogP contribution in [0.1, 0.15) is 82.4 Å². The third-order valence-electron chi connectivity index (χ3n) is 7.97. The number of hydrogen-bond acceptors (Lipinski definition) is 7. The molecule has 0 radical (unpaired) electrons. The number of nitrogens with one attached hydrogen (secondary N) is 2. The van der Waals surface area contributed by atoms with Crippen LogP contribution in [0.15, 0.2) is 36.5 Å². The van der Waals surface area contributed by atoms with Crippen LogP contribution < -0.4 is 27.0 Å². The standard InChI is InChI=1S/C27H34N6O4/c28-25(35)16-2-10-24(30-14-16)33-19-5-6-20(33)13-18(12-19)32-27(37)15-1-9-22(26(29)36)23(11-15)31-17-3-7-21(34)8-4-17/h1-2,9-11,14,17-21,31,34H,3-8,12-13H2,(H2,28,35)(H2,29,36)(H,32,37)/t17?,18?,19-,20+,21?. The molecule has 1 unspecified atom stereocenters. The summed E-state index contributed by atoms with van der Waals surface area (Å²) >= 11 is 0. The van der Waals surface area contributed by atoms with Gasteiger partial charge < -0.3 is 32.1 Å². The molecule has 3 aliphatic rings. The van der Waals surface area contributed by atoms with Gasteiger partial charge in [0, 0.05) is 41.6 Å². The fraction of sp³-hybridized carbons (Fsp3) is 0.481. The van der Waals surface area contributed by atoms with E-state index in [1.165, 1.54) is 6.20 Å². The lowest BCUT2D eigenvalue weighted by Gasteiger charge is -2.40. The molecule has 3 amide bonds. The molecule has 1 aromatic carbocycles. The number of carbonyl (C=O) groups is 3. The van der Waals surface area contributed by atoms with Crippen molar-refractivity contribution in [3.8, 4) is 0 Å². The molecule has 1 saturated carbocycles. The first-order valence-corrected chi connectivity index (χ1v) is 13.0. The Labute approximate surface area is 215 Å². The smallest absolute Gasteiger partial charge is 0.251 e. The molecule has 10 heteroatoms. The van der Waals surface area contributed by atoms with Gasteiger partial charge >= 0.3 is 0 Å². The van der Waals surface area contributed by atoms with Crippen LogP contribution in [0.5, 0.6) is 0 Å². The van der Waals surface area contributed by atoms with Crippen molar-refractivity contribution in [3.05, 3.63) is 53.2 Å². The quantitative estimate of drug-likeness (QED) is 0.383. The van der Waals surface area contributed by atoms with Crippen molar-refractivity contribution in [2.24, 2.45) is 11.5 Å². The van der Waals surface area contributed by atoms with Crippen molar-refractivity contribution < 1.29 is 19.5 Å². The number of fused-ring (bicyclic) bond motifs is 2. The number of piperidine rings is 1. The summed E-state index contributed by atoms with van der Waals surface area (Å²) in [7, 11) is 0. The Morgan fingerprint density at radius 2 is 1.54 bits per heavy atom. The van der Waals surface area contributed by atoms with E-state index in [4.69, 9.17) is 11.5 Å². The zero-order chi connectivity index (χ0) is 26.1. The van der Waals surface area contributed by atoms with E-state index < -0.39 is 11.8 Å². The van der Waals surface area contributed by atoms with E-state index in [0.29, 0.717) is 35.2 Å². The van der Waals surface area contributed by atoms with E-state index in [2.05, 4.69) is 20.5 Å². The van der Waals surface area contributed by atoms with Crippen LogP contribution in [0.2, 0.25) is 0 Å². The summed E-state index contributed by atoms with van der Waals surface area (Å²) in [6, 6.07) is 9.14. The highest BCUT2D eigenvalue weighted by Gasteiger charge is 2.41. The number of nitrogens with two attached hydrogens (primary N) is 2. The Kier molecular flexibility index (Phi) is 7.01. The maximum atomic E-state index is 13.2. The lowest BCUT2D eigenvalue weighted by atomic mass is 9.92. The van der Waals surface area contributed by atoms with Gasteiger partial charge in [-0.15, -0.1) is 0 Å². The van der Waals surface area contributed by atoms with Crippen LogP contribution in [0.4, 0.5) is 11.5 Å². The highest BCUT2D eigenvalue weighted by molar-refractivity contribution is 6.02. The average molecular weight is 507 g/mol. The number of pyridine rings is 1. The van der Waals surface area contributed by atoms with Crippen LogP contribution >= 0.6 is 0 Å². The minimum atomic E-state index is -0.549. The summed E-state index contributed by atoms with van der Waals surface area (Å²) in [5.41, 5.74) is 12.7. The lowest BCUT2D eigenvalue weighted by molar-refractivity contribution is 0.0924. The minimum Gasteiger partial charge on any atom is -0.393 e. The Morgan fingerprint density at radius 1 is 0.865 bits per heavy atom. The molecule has 5 rings (SSSR count). The predicted octanol–water partition coefficient (Wildman–Crippen LogP) is 1.92. The fourth-order valence-corrected chi connectivity index (χ4v) is 6.08. The summed E-state index contributed by atoms with van der Waals surface area (Å²) in [6.45, 7) is 0. The first-order valence-electron chi connectivity index (χ1n) is 13.0. The molecule has 3 heterocycles. The van der Waals surface area contributed by atoms with Crippen molar-refractivity contribution in [3.63, 3.8) is 0 Å². The Balaban J connectivity index is 1.25. The topological polar surface area (TPSA) is 164 Å². The molecule has 0 spiro atoms. The number of anilines is 2. The van der Waals surface area contributed by atoms with Gasteiger partial charge in [-0.1, -0.05) is 0 Å². The maximum Gasteiger partial charge on any atom is 0.251 e. The van der Waals surface area contributed by atoms with Gasteiger partial charge in [-0.2, -0.15) is 0 Å². The maximum absolute atomic E-state index is 13.2. The fourth-order valence-electron chi connectivity index (χ4n) is 6.08. The van der Waals surface area contributed by atoms with E-state index >= 15 is 0 Å². The predicted molar refractivity (Wildman–Crippen MR) is 139 cm³/mol. The first-order chi connectivity index (χ1) is 17.8. The summed E-state index contributed by atoms with van der Waals surface area (Å²) in [4.78, 5) is 43.3. The van der Waals surface area contributed by atoms with E-state index in [-0.39, 0.29) is 36.2 Å². The molecule has 2 saturated heterocycles. The van der Waals surface area contributed by atoms with E-state index in [1.54, 1.807) is 24.3 Å². The number of carbonyl (C=O) groups excluding carboxylic acids is 3. The van der Waals surface area contributed by atoms with Crippen LogP contribution in [0, 0.1) is 0 Å². The number of aliphatic hydroxyl groups excluding tert-OH is 1. The van der Waals surface area contributed by atoms with Crippen molar-refractivity contribution in [1.29, 1.82) is 0 Å². The van der Waals surface area contributed by atoms with Crippen molar-refractivity contribution in [2.75, 3.05) is 10.2 Å². The highest BCUT2D eigenvalue weighted by Crippen LogP contribution is 2.38. The number of nitrogens with zero attached hydrogens (tertiary/aromatic N) is 2. The van der Waals surface area contributed by atoms with Gasteiger partial charge in [0.05, 0.1) is 17.2 Å². The minimum absolute atomic E-state index is 0.0261. The molecule has 10 nitrogen and oxygen atoms in total. The van der Waals surface area contributed by atoms with Gasteiger partial charge in [0.25, 0.3) is 11.8 Å².